The number of hydrogen-bond donors (Lipinski definition) is 0. The van der Waals surface area contributed by atoms with Gasteiger partial charge in [-0.1, -0.05) is 30.3 Å². The van der Waals surface area contributed by atoms with Gasteiger partial charge < -0.3 is 33.5 Å². The zero-order valence-electron chi connectivity index (χ0n) is 29.0. The van der Waals surface area contributed by atoms with Crippen molar-refractivity contribution >= 4 is 40.5 Å². The van der Waals surface area contributed by atoms with Crippen LogP contribution in [0.3, 0.4) is 0 Å². The molecule has 2 heterocycles. The molecule has 0 aliphatic carbocycles. The lowest BCUT2D eigenvalue weighted by molar-refractivity contribution is -0.127. The standard InChI is InChI=1S/C39H39N3O9/c1-47-31-22-25(12-14-30(31)51-21-7-16-42-38(45)28-10-5-8-26-9-6-11-29(35(26)28)39(42)46)13-15-34(43)40-17-19-41(20-18-40)37(44)27-23-32(48-2)36(50-4)33(24-27)49-3/h5-6,8-15,22-24H,7,16-21H2,1-4H3/b15-13+. The number of rotatable bonds is 12. The number of amides is 4. The van der Waals surface area contributed by atoms with Crippen LogP contribution in [0.1, 0.15) is 43.1 Å². The maximum atomic E-state index is 13.3. The van der Waals surface area contributed by atoms with Crippen LogP contribution in [0.2, 0.25) is 0 Å². The van der Waals surface area contributed by atoms with Crippen molar-refractivity contribution in [2.24, 2.45) is 0 Å². The van der Waals surface area contributed by atoms with Crippen LogP contribution in [-0.2, 0) is 4.79 Å². The second-order valence-corrected chi connectivity index (χ2v) is 11.9. The van der Waals surface area contributed by atoms with Gasteiger partial charge in [0, 0.05) is 60.9 Å². The van der Waals surface area contributed by atoms with Crippen LogP contribution in [-0.4, -0.2) is 106 Å². The molecule has 4 aromatic rings. The fourth-order valence-corrected chi connectivity index (χ4v) is 6.39. The quantitative estimate of drug-likeness (QED) is 0.115. The van der Waals surface area contributed by atoms with Gasteiger partial charge in [0.05, 0.1) is 35.0 Å². The Morgan fingerprint density at radius 3 is 1.90 bits per heavy atom. The SMILES string of the molecule is COc1cc(/C=C/C(=O)N2CCN(C(=O)c3cc(OC)c(OC)c(OC)c3)CC2)ccc1OCCCN1C(=O)c2cccc3cccc(c23)C1=O. The number of nitrogens with zero attached hydrogens (tertiary/aromatic N) is 3. The summed E-state index contributed by atoms with van der Waals surface area (Å²) in [5, 5.41) is 1.57. The summed E-state index contributed by atoms with van der Waals surface area (Å²) in [5.74, 6) is 1.20. The molecule has 12 heteroatoms. The number of methoxy groups -OCH3 is 4. The normalized spacial score (nSPS) is 14.2. The Labute approximate surface area is 295 Å². The second kappa shape index (κ2) is 15.2. The molecule has 0 atom stereocenters. The van der Waals surface area contributed by atoms with Crippen molar-refractivity contribution in [3.63, 3.8) is 0 Å². The van der Waals surface area contributed by atoms with Gasteiger partial charge in [-0.3, -0.25) is 24.1 Å². The zero-order valence-corrected chi connectivity index (χ0v) is 29.0. The van der Waals surface area contributed by atoms with Crippen LogP contribution in [0.4, 0.5) is 0 Å². The number of piperazine rings is 1. The van der Waals surface area contributed by atoms with Gasteiger partial charge in [-0.2, -0.15) is 0 Å². The van der Waals surface area contributed by atoms with Crippen molar-refractivity contribution < 1.29 is 42.9 Å². The molecule has 4 amide bonds. The van der Waals surface area contributed by atoms with Gasteiger partial charge in [0.25, 0.3) is 17.7 Å². The van der Waals surface area contributed by atoms with Gasteiger partial charge in [-0.25, -0.2) is 0 Å². The van der Waals surface area contributed by atoms with E-state index in [0.29, 0.717) is 83.4 Å². The summed E-state index contributed by atoms with van der Waals surface area (Å²) in [6.45, 7) is 1.97. The molecule has 264 valence electrons. The molecule has 1 fully saturated rings. The highest BCUT2D eigenvalue weighted by Crippen LogP contribution is 2.38. The van der Waals surface area contributed by atoms with Gasteiger partial charge in [0.1, 0.15) is 0 Å². The van der Waals surface area contributed by atoms with Crippen LogP contribution < -0.4 is 23.7 Å². The van der Waals surface area contributed by atoms with E-state index < -0.39 is 0 Å². The highest BCUT2D eigenvalue weighted by Gasteiger charge is 2.32. The molecule has 0 radical (unpaired) electrons. The van der Waals surface area contributed by atoms with Crippen molar-refractivity contribution in [1.82, 2.24) is 14.7 Å². The Kier molecular flexibility index (Phi) is 10.4. The van der Waals surface area contributed by atoms with Crippen molar-refractivity contribution in [3.8, 4) is 28.7 Å². The summed E-state index contributed by atoms with van der Waals surface area (Å²) in [4.78, 5) is 57.3. The van der Waals surface area contributed by atoms with Crippen LogP contribution in [0, 0.1) is 0 Å². The lowest BCUT2D eigenvalue weighted by atomic mass is 9.94. The van der Waals surface area contributed by atoms with E-state index in [9.17, 15) is 19.2 Å². The van der Waals surface area contributed by atoms with Gasteiger partial charge in [-0.15, -0.1) is 0 Å². The van der Waals surface area contributed by atoms with E-state index in [-0.39, 0.29) is 36.8 Å². The summed E-state index contributed by atoms with van der Waals surface area (Å²) in [6, 6.07) is 19.5. The van der Waals surface area contributed by atoms with E-state index >= 15 is 0 Å². The van der Waals surface area contributed by atoms with Crippen molar-refractivity contribution in [2.45, 2.75) is 6.42 Å². The molecule has 0 bridgehead atoms. The molecule has 1 saturated heterocycles. The van der Waals surface area contributed by atoms with Crippen molar-refractivity contribution in [3.05, 3.63) is 95.1 Å². The Bertz CT molecular complexity index is 1940. The third-order valence-corrected chi connectivity index (χ3v) is 9.04. The predicted octanol–water partition coefficient (Wildman–Crippen LogP) is 4.94. The first kappa shape index (κ1) is 34.8. The second-order valence-electron chi connectivity index (χ2n) is 11.9. The van der Waals surface area contributed by atoms with E-state index in [0.717, 1.165) is 10.9 Å². The third-order valence-electron chi connectivity index (χ3n) is 9.04. The van der Waals surface area contributed by atoms with Crippen LogP contribution in [0.15, 0.2) is 72.8 Å². The first-order chi connectivity index (χ1) is 24.8. The van der Waals surface area contributed by atoms with Crippen molar-refractivity contribution in [1.29, 1.82) is 0 Å². The van der Waals surface area contributed by atoms with Gasteiger partial charge in [-0.05, 0) is 59.8 Å². The summed E-state index contributed by atoms with van der Waals surface area (Å²) in [5.41, 5.74) is 2.19. The number of hydrogen-bond acceptors (Lipinski definition) is 9. The number of benzene rings is 4. The smallest absolute Gasteiger partial charge is 0.261 e. The molecule has 0 saturated carbocycles. The van der Waals surface area contributed by atoms with E-state index in [1.807, 2.05) is 30.3 Å². The highest BCUT2D eigenvalue weighted by atomic mass is 16.5. The van der Waals surface area contributed by atoms with E-state index in [4.69, 9.17) is 23.7 Å². The van der Waals surface area contributed by atoms with E-state index in [2.05, 4.69) is 0 Å². The fourth-order valence-electron chi connectivity index (χ4n) is 6.39. The molecule has 4 aromatic carbocycles. The monoisotopic (exact) mass is 693 g/mol. The Morgan fingerprint density at radius 2 is 1.31 bits per heavy atom. The topological polar surface area (TPSA) is 124 Å². The van der Waals surface area contributed by atoms with E-state index in [1.165, 1.54) is 39.4 Å². The molecule has 51 heavy (non-hydrogen) atoms. The number of carbonyl (C=O) groups excluding carboxylic acids is 4. The first-order valence-corrected chi connectivity index (χ1v) is 16.5. The minimum Gasteiger partial charge on any atom is -0.493 e. The average molecular weight is 694 g/mol. The summed E-state index contributed by atoms with van der Waals surface area (Å²) >= 11 is 0. The molecule has 0 aromatic heterocycles. The zero-order chi connectivity index (χ0) is 36.1. The Balaban J connectivity index is 1.00. The molecule has 2 aliphatic rings. The molecular weight excluding hydrogens is 654 g/mol. The van der Waals surface area contributed by atoms with Crippen LogP contribution >= 0.6 is 0 Å². The molecule has 2 aliphatic heterocycles. The summed E-state index contributed by atoms with van der Waals surface area (Å²) < 4.78 is 27.6. The Hall–Kier alpha value is -6.04. The molecule has 0 unspecified atom stereocenters. The van der Waals surface area contributed by atoms with Crippen molar-refractivity contribution in [2.75, 3.05) is 67.8 Å². The van der Waals surface area contributed by atoms with Crippen LogP contribution in [0.5, 0.6) is 28.7 Å². The Morgan fingerprint density at radius 1 is 0.706 bits per heavy atom. The molecule has 12 nitrogen and oxygen atoms in total. The lowest BCUT2D eigenvalue weighted by Gasteiger charge is -2.34. The minimum atomic E-state index is -0.307. The molecule has 6 rings (SSSR count). The number of imide groups is 1. The molecule has 0 spiro atoms. The highest BCUT2D eigenvalue weighted by molar-refractivity contribution is 6.25. The number of carbonyl (C=O) groups is 4. The number of ether oxygens (including phenoxy) is 5. The van der Waals surface area contributed by atoms with Gasteiger partial charge in [0.2, 0.25) is 11.7 Å². The maximum Gasteiger partial charge on any atom is 0.261 e. The molecule has 0 N–H and O–H groups in total. The summed E-state index contributed by atoms with van der Waals surface area (Å²) in [7, 11) is 6.02. The molecular formula is C39H39N3O9. The third kappa shape index (κ3) is 7.03. The lowest BCUT2D eigenvalue weighted by Crippen LogP contribution is -2.50. The fraction of sp³-hybridized carbons (Fsp3) is 0.282. The van der Waals surface area contributed by atoms with Gasteiger partial charge >= 0.3 is 0 Å². The van der Waals surface area contributed by atoms with Crippen LogP contribution in [0.25, 0.3) is 16.8 Å². The minimum absolute atomic E-state index is 0.171. The average Bonchev–Trinajstić information content (AvgIpc) is 3.17. The summed E-state index contributed by atoms with van der Waals surface area (Å²) in [6.07, 6.45) is 3.63. The maximum absolute atomic E-state index is 13.3. The first-order valence-electron chi connectivity index (χ1n) is 16.5. The van der Waals surface area contributed by atoms with Gasteiger partial charge in [0.15, 0.2) is 23.0 Å². The largest absolute Gasteiger partial charge is 0.493 e. The van der Waals surface area contributed by atoms with E-state index in [1.54, 1.807) is 52.3 Å². The predicted molar refractivity (Wildman–Crippen MR) is 190 cm³/mol.